The molecule has 0 saturated heterocycles. The van der Waals surface area contributed by atoms with Crippen LogP contribution < -0.4 is 10.9 Å². The van der Waals surface area contributed by atoms with Gasteiger partial charge in [-0.2, -0.15) is 0 Å². The Balaban J connectivity index is 2.07. The summed E-state index contributed by atoms with van der Waals surface area (Å²) in [7, 11) is 1.60. The van der Waals surface area contributed by atoms with Crippen LogP contribution in [-0.4, -0.2) is 46.7 Å². The van der Waals surface area contributed by atoms with Gasteiger partial charge < -0.3 is 15.0 Å². The zero-order valence-corrected chi connectivity index (χ0v) is 19.0. The lowest BCUT2D eigenvalue weighted by atomic mass is 10.1. The summed E-state index contributed by atoms with van der Waals surface area (Å²) in [6, 6.07) is 11.9. The number of fused-ring (bicyclic) bond motifs is 1. The highest BCUT2D eigenvalue weighted by molar-refractivity contribution is 5.81. The molecule has 1 unspecified atom stereocenters. The van der Waals surface area contributed by atoms with Crippen LogP contribution in [0.15, 0.2) is 47.3 Å². The maximum atomic E-state index is 13.5. The van der Waals surface area contributed by atoms with Crippen LogP contribution in [0.4, 0.5) is 4.79 Å². The summed E-state index contributed by atoms with van der Waals surface area (Å²) < 4.78 is 6.42. The number of ether oxygens (including phenoxy) is 1. The average molecular weight is 437 g/mol. The van der Waals surface area contributed by atoms with Gasteiger partial charge in [-0.3, -0.25) is 14.2 Å². The number of hydrogen-bond acceptors (Lipinski definition) is 5. The highest BCUT2D eigenvalue weighted by Gasteiger charge is 2.25. The third-order valence-corrected chi connectivity index (χ3v) is 5.36. The molecule has 0 aliphatic carbocycles. The fourth-order valence-corrected chi connectivity index (χ4v) is 3.55. The molecule has 2 amide bonds. The Hall–Kier alpha value is -3.68. The largest absolute Gasteiger partial charge is 0.465 e. The van der Waals surface area contributed by atoms with E-state index < -0.39 is 18.0 Å². The number of benzene rings is 2. The summed E-state index contributed by atoms with van der Waals surface area (Å²) in [5.41, 5.74) is 3.07. The Morgan fingerprint density at radius 1 is 1.19 bits per heavy atom. The van der Waals surface area contributed by atoms with Crippen LogP contribution in [0.1, 0.15) is 36.8 Å². The van der Waals surface area contributed by atoms with E-state index in [1.165, 1.54) is 4.90 Å². The van der Waals surface area contributed by atoms with Crippen LogP contribution >= 0.6 is 0 Å². The molecule has 0 spiro atoms. The monoisotopic (exact) mass is 436 g/mol. The number of carbonyl (C=O) groups is 2. The summed E-state index contributed by atoms with van der Waals surface area (Å²) in [4.78, 5) is 43.9. The molecule has 168 valence electrons. The molecule has 0 saturated carbocycles. The van der Waals surface area contributed by atoms with E-state index >= 15 is 0 Å². The molecule has 0 fully saturated rings. The molecule has 0 aliphatic heterocycles. The Kier molecular flexibility index (Phi) is 6.92. The zero-order valence-electron chi connectivity index (χ0n) is 19.0. The van der Waals surface area contributed by atoms with Crippen molar-refractivity contribution >= 4 is 22.9 Å². The molecular formula is C24H28N4O4. The van der Waals surface area contributed by atoms with Crippen molar-refractivity contribution in [2.45, 2.75) is 33.7 Å². The molecule has 0 radical (unpaired) electrons. The highest BCUT2D eigenvalue weighted by atomic mass is 16.5. The van der Waals surface area contributed by atoms with Crippen molar-refractivity contribution in [3.63, 3.8) is 0 Å². The number of hydrogen-bond donors (Lipinski definition) is 1. The number of aryl methyl sites for hydroxylation is 2. The summed E-state index contributed by atoms with van der Waals surface area (Å²) in [6.07, 6.45) is 0. The first-order valence-electron chi connectivity index (χ1n) is 10.5. The molecule has 0 aliphatic rings. The molecule has 32 heavy (non-hydrogen) atoms. The second-order valence-corrected chi connectivity index (χ2v) is 7.67. The lowest BCUT2D eigenvalue weighted by molar-refractivity contribution is -0.141. The maximum absolute atomic E-state index is 13.5. The number of amides is 2. The van der Waals surface area contributed by atoms with E-state index in [-0.39, 0.29) is 18.7 Å². The van der Waals surface area contributed by atoms with Gasteiger partial charge in [-0.25, -0.2) is 9.78 Å². The van der Waals surface area contributed by atoms with Crippen molar-refractivity contribution in [1.82, 2.24) is 19.8 Å². The van der Waals surface area contributed by atoms with Crippen LogP contribution in [0.5, 0.6) is 0 Å². The number of esters is 1. The van der Waals surface area contributed by atoms with Gasteiger partial charge in [-0.15, -0.1) is 0 Å². The first-order chi connectivity index (χ1) is 15.2. The van der Waals surface area contributed by atoms with Crippen molar-refractivity contribution < 1.29 is 14.3 Å². The molecule has 1 atom stereocenters. The van der Waals surface area contributed by atoms with Gasteiger partial charge in [0.15, 0.2) is 0 Å². The predicted molar refractivity (Wildman–Crippen MR) is 123 cm³/mol. The van der Waals surface area contributed by atoms with Crippen molar-refractivity contribution in [2.24, 2.45) is 0 Å². The van der Waals surface area contributed by atoms with Gasteiger partial charge in [0.05, 0.1) is 29.2 Å². The normalized spacial score (nSPS) is 11.8. The van der Waals surface area contributed by atoms with Gasteiger partial charge in [-0.1, -0.05) is 29.8 Å². The zero-order chi connectivity index (χ0) is 23.4. The SMILES string of the molecule is CCOC(=O)CNC(=O)N(C)C(C)c1nc2ccccc2c(=O)n1-c1ccc(C)cc1C. The minimum atomic E-state index is -0.560. The third-order valence-electron chi connectivity index (χ3n) is 5.36. The topological polar surface area (TPSA) is 93.5 Å². The molecule has 0 bridgehead atoms. The van der Waals surface area contributed by atoms with Crippen molar-refractivity contribution in [3.8, 4) is 5.69 Å². The van der Waals surface area contributed by atoms with Crippen molar-refractivity contribution in [1.29, 1.82) is 0 Å². The fourth-order valence-electron chi connectivity index (χ4n) is 3.55. The van der Waals surface area contributed by atoms with E-state index in [2.05, 4.69) is 5.32 Å². The van der Waals surface area contributed by atoms with Crippen LogP contribution in [0.25, 0.3) is 16.6 Å². The molecular weight excluding hydrogens is 408 g/mol. The Morgan fingerprint density at radius 2 is 1.91 bits per heavy atom. The smallest absolute Gasteiger partial charge is 0.325 e. The van der Waals surface area contributed by atoms with Gasteiger partial charge >= 0.3 is 12.0 Å². The third kappa shape index (κ3) is 4.64. The average Bonchev–Trinajstić information content (AvgIpc) is 2.77. The number of urea groups is 1. The maximum Gasteiger partial charge on any atom is 0.325 e. The van der Waals surface area contributed by atoms with Gasteiger partial charge in [0.1, 0.15) is 12.4 Å². The molecule has 1 aromatic heterocycles. The van der Waals surface area contributed by atoms with Gasteiger partial charge in [0, 0.05) is 7.05 Å². The quantitative estimate of drug-likeness (QED) is 0.599. The van der Waals surface area contributed by atoms with E-state index in [0.29, 0.717) is 22.4 Å². The summed E-state index contributed by atoms with van der Waals surface area (Å²) in [5.74, 6) is -0.0904. The Morgan fingerprint density at radius 3 is 2.59 bits per heavy atom. The van der Waals surface area contributed by atoms with E-state index in [9.17, 15) is 14.4 Å². The van der Waals surface area contributed by atoms with Crippen LogP contribution in [0.2, 0.25) is 0 Å². The van der Waals surface area contributed by atoms with Crippen molar-refractivity contribution in [2.75, 3.05) is 20.2 Å². The standard InChI is InChI=1S/C24H28N4O4/c1-6-32-21(29)14-25-24(31)27(5)17(4)22-26-19-10-8-7-9-18(19)23(30)28(22)20-12-11-15(2)13-16(20)3/h7-13,17H,6,14H2,1-5H3,(H,25,31). The number of para-hydroxylation sites is 1. The first-order valence-corrected chi connectivity index (χ1v) is 10.5. The number of aromatic nitrogens is 2. The summed E-state index contributed by atoms with van der Waals surface area (Å²) >= 11 is 0. The number of carbonyl (C=O) groups excluding carboxylic acids is 2. The van der Waals surface area contributed by atoms with E-state index in [4.69, 9.17) is 9.72 Å². The van der Waals surface area contributed by atoms with Gasteiger partial charge in [-0.05, 0) is 51.5 Å². The van der Waals surface area contributed by atoms with E-state index in [1.54, 1.807) is 43.7 Å². The van der Waals surface area contributed by atoms with Gasteiger partial charge in [0.25, 0.3) is 5.56 Å². The second kappa shape index (κ2) is 9.64. The molecule has 1 N–H and O–H groups in total. The fraction of sp³-hybridized carbons (Fsp3) is 0.333. The lowest BCUT2D eigenvalue weighted by Crippen LogP contribution is -2.42. The summed E-state index contributed by atoms with van der Waals surface area (Å²) in [6.45, 7) is 7.42. The number of rotatable bonds is 6. The predicted octanol–water partition coefficient (Wildman–Crippen LogP) is 3.27. The van der Waals surface area contributed by atoms with Gasteiger partial charge in [0.2, 0.25) is 0 Å². The minimum absolute atomic E-state index is 0.204. The van der Waals surface area contributed by atoms with E-state index in [0.717, 1.165) is 11.1 Å². The van der Waals surface area contributed by atoms with Crippen LogP contribution in [0, 0.1) is 13.8 Å². The molecule has 8 heteroatoms. The number of nitrogens with one attached hydrogen (secondary N) is 1. The van der Waals surface area contributed by atoms with E-state index in [1.807, 2.05) is 38.1 Å². The lowest BCUT2D eigenvalue weighted by Gasteiger charge is -2.27. The van der Waals surface area contributed by atoms with Crippen LogP contribution in [-0.2, 0) is 9.53 Å². The Bertz CT molecular complexity index is 1220. The molecule has 8 nitrogen and oxygen atoms in total. The molecule has 3 rings (SSSR count). The Labute approximate surface area is 186 Å². The van der Waals surface area contributed by atoms with Crippen LogP contribution in [0.3, 0.4) is 0 Å². The second-order valence-electron chi connectivity index (χ2n) is 7.67. The first kappa shape index (κ1) is 23.0. The number of nitrogens with zero attached hydrogens (tertiary/aromatic N) is 3. The van der Waals surface area contributed by atoms with Crippen molar-refractivity contribution in [3.05, 3.63) is 69.8 Å². The summed E-state index contributed by atoms with van der Waals surface area (Å²) in [5, 5.41) is 3.04. The molecule has 3 aromatic rings. The molecule has 2 aromatic carbocycles. The highest BCUT2D eigenvalue weighted by Crippen LogP contribution is 2.24. The molecule has 1 heterocycles. The minimum Gasteiger partial charge on any atom is -0.465 e.